The third kappa shape index (κ3) is 3.07. The van der Waals surface area contributed by atoms with Crippen molar-refractivity contribution in [2.24, 2.45) is 0 Å². The van der Waals surface area contributed by atoms with E-state index >= 15 is 0 Å². The zero-order chi connectivity index (χ0) is 16.4. The van der Waals surface area contributed by atoms with Crippen LogP contribution in [0, 0.1) is 0 Å². The van der Waals surface area contributed by atoms with Crippen LogP contribution >= 0.6 is 11.3 Å². The van der Waals surface area contributed by atoms with E-state index in [1.165, 1.54) is 30.6 Å². The summed E-state index contributed by atoms with van der Waals surface area (Å²) in [6.07, 6.45) is 6.94. The maximum Gasteiger partial charge on any atom is 0.284 e. The number of nitrogens with one attached hydrogen (secondary N) is 1. The number of aromatic nitrogens is 3. The molecule has 1 amide bonds. The van der Waals surface area contributed by atoms with Crippen LogP contribution in [0.15, 0.2) is 36.7 Å². The van der Waals surface area contributed by atoms with Crippen molar-refractivity contribution in [2.75, 3.05) is 23.3 Å². The average molecular weight is 339 g/mol. The molecule has 1 fully saturated rings. The van der Waals surface area contributed by atoms with E-state index in [0.29, 0.717) is 10.7 Å². The van der Waals surface area contributed by atoms with E-state index in [-0.39, 0.29) is 5.91 Å². The van der Waals surface area contributed by atoms with Gasteiger partial charge in [-0.3, -0.25) is 4.79 Å². The monoisotopic (exact) mass is 339 g/mol. The lowest BCUT2D eigenvalue weighted by Crippen LogP contribution is -2.30. The first kappa shape index (κ1) is 15.0. The lowest BCUT2D eigenvalue weighted by Gasteiger charge is -2.26. The SMILES string of the molecule is O=C(Nc1cnc(N2CCCCC2)nc1)c1nc2ccccc2s1. The van der Waals surface area contributed by atoms with E-state index < -0.39 is 0 Å². The molecule has 0 radical (unpaired) electrons. The van der Waals surface area contributed by atoms with E-state index in [1.807, 2.05) is 24.3 Å². The van der Waals surface area contributed by atoms with E-state index in [1.54, 1.807) is 12.4 Å². The summed E-state index contributed by atoms with van der Waals surface area (Å²) in [7, 11) is 0. The minimum absolute atomic E-state index is 0.231. The third-order valence-corrected chi connectivity index (χ3v) is 5.06. The van der Waals surface area contributed by atoms with E-state index in [2.05, 4.69) is 25.2 Å². The average Bonchev–Trinajstić information content (AvgIpc) is 3.07. The van der Waals surface area contributed by atoms with E-state index in [4.69, 9.17) is 0 Å². The Bertz CT molecular complexity index is 822. The summed E-state index contributed by atoms with van der Waals surface area (Å²) in [6.45, 7) is 1.99. The molecule has 0 saturated carbocycles. The molecule has 7 heteroatoms. The number of nitrogens with zero attached hydrogens (tertiary/aromatic N) is 4. The normalized spacial score (nSPS) is 14.8. The number of hydrogen-bond donors (Lipinski definition) is 1. The van der Waals surface area contributed by atoms with Crippen molar-refractivity contribution in [1.82, 2.24) is 15.0 Å². The highest BCUT2D eigenvalue weighted by molar-refractivity contribution is 7.20. The van der Waals surface area contributed by atoms with Gasteiger partial charge >= 0.3 is 0 Å². The second kappa shape index (κ2) is 6.52. The highest BCUT2D eigenvalue weighted by atomic mass is 32.1. The number of benzene rings is 1. The van der Waals surface area contributed by atoms with Crippen LogP contribution in [0.1, 0.15) is 29.1 Å². The topological polar surface area (TPSA) is 71.0 Å². The Hall–Kier alpha value is -2.54. The quantitative estimate of drug-likeness (QED) is 0.792. The molecule has 0 atom stereocenters. The van der Waals surface area contributed by atoms with Crippen LogP contribution in [0.2, 0.25) is 0 Å². The second-order valence-corrected chi connectivity index (χ2v) is 6.79. The van der Waals surface area contributed by atoms with Gasteiger partial charge in [0.05, 0.1) is 28.3 Å². The van der Waals surface area contributed by atoms with Gasteiger partial charge in [0.15, 0.2) is 5.01 Å². The summed E-state index contributed by atoms with van der Waals surface area (Å²) in [5, 5.41) is 3.26. The zero-order valence-electron chi connectivity index (χ0n) is 13.1. The fourth-order valence-electron chi connectivity index (χ4n) is 2.80. The summed E-state index contributed by atoms with van der Waals surface area (Å²) in [5.41, 5.74) is 1.42. The summed E-state index contributed by atoms with van der Waals surface area (Å²) >= 11 is 1.38. The van der Waals surface area contributed by atoms with Crippen LogP contribution in [0.3, 0.4) is 0 Å². The molecule has 6 nitrogen and oxygen atoms in total. The molecule has 24 heavy (non-hydrogen) atoms. The maximum absolute atomic E-state index is 12.3. The molecule has 0 spiro atoms. The molecule has 0 aliphatic carbocycles. The Kier molecular flexibility index (Phi) is 4.08. The summed E-state index contributed by atoms with van der Waals surface area (Å²) in [5.74, 6) is 0.498. The van der Waals surface area contributed by atoms with Gasteiger partial charge in [-0.15, -0.1) is 11.3 Å². The van der Waals surface area contributed by atoms with Crippen LogP contribution in [0.25, 0.3) is 10.2 Å². The Labute approximate surface area is 143 Å². The molecule has 4 rings (SSSR count). The minimum Gasteiger partial charge on any atom is -0.341 e. The molecule has 1 aromatic carbocycles. The highest BCUT2D eigenvalue weighted by Gasteiger charge is 2.15. The molecule has 122 valence electrons. The fraction of sp³-hybridized carbons (Fsp3) is 0.294. The third-order valence-electron chi connectivity index (χ3n) is 4.02. The summed E-state index contributed by atoms with van der Waals surface area (Å²) < 4.78 is 0.999. The number of para-hydroxylation sites is 1. The molecule has 1 N–H and O–H groups in total. The molecule has 1 aliphatic rings. The van der Waals surface area contributed by atoms with Crippen molar-refractivity contribution in [1.29, 1.82) is 0 Å². The molecule has 1 saturated heterocycles. The Balaban J connectivity index is 1.47. The number of carbonyl (C=O) groups excluding carboxylic acids is 1. The maximum atomic E-state index is 12.3. The van der Waals surface area contributed by atoms with Crippen molar-refractivity contribution in [3.63, 3.8) is 0 Å². The Morgan fingerprint density at radius 2 is 1.83 bits per heavy atom. The van der Waals surface area contributed by atoms with Crippen LogP contribution in [0.4, 0.5) is 11.6 Å². The molecule has 3 heterocycles. The van der Waals surface area contributed by atoms with E-state index in [9.17, 15) is 4.79 Å². The van der Waals surface area contributed by atoms with Crippen LogP contribution in [-0.4, -0.2) is 33.9 Å². The van der Waals surface area contributed by atoms with Crippen molar-refractivity contribution in [3.05, 3.63) is 41.7 Å². The van der Waals surface area contributed by atoms with Gasteiger partial charge in [0.25, 0.3) is 5.91 Å². The Morgan fingerprint density at radius 1 is 1.08 bits per heavy atom. The van der Waals surface area contributed by atoms with Gasteiger partial charge < -0.3 is 10.2 Å². The first-order valence-corrected chi connectivity index (χ1v) is 8.85. The molecule has 3 aromatic rings. The number of thiazole rings is 1. The summed E-state index contributed by atoms with van der Waals surface area (Å²) in [6, 6.07) is 7.71. The summed E-state index contributed by atoms with van der Waals surface area (Å²) in [4.78, 5) is 27.6. The standard InChI is InChI=1S/C17H17N5OS/c23-15(16-21-13-6-2-3-7-14(13)24-16)20-12-10-18-17(19-11-12)22-8-4-1-5-9-22/h2-3,6-7,10-11H,1,4-5,8-9H2,(H,20,23). The second-order valence-electron chi connectivity index (χ2n) is 5.76. The van der Waals surface area contributed by atoms with Gasteiger partial charge in [-0.2, -0.15) is 0 Å². The number of carbonyl (C=O) groups is 1. The molecular formula is C17H17N5OS. The van der Waals surface area contributed by atoms with Gasteiger partial charge in [0.1, 0.15) is 0 Å². The predicted molar refractivity (Wildman–Crippen MR) is 95.7 cm³/mol. The number of anilines is 2. The number of hydrogen-bond acceptors (Lipinski definition) is 6. The van der Waals surface area contributed by atoms with Crippen molar-refractivity contribution >= 4 is 39.1 Å². The van der Waals surface area contributed by atoms with Gasteiger partial charge in [-0.1, -0.05) is 12.1 Å². The van der Waals surface area contributed by atoms with Gasteiger partial charge in [-0.05, 0) is 31.4 Å². The predicted octanol–water partition coefficient (Wildman–Crippen LogP) is 3.33. The molecule has 0 bridgehead atoms. The lowest BCUT2D eigenvalue weighted by molar-refractivity contribution is 0.102. The fourth-order valence-corrected chi connectivity index (χ4v) is 3.66. The van der Waals surface area contributed by atoms with Gasteiger partial charge in [0.2, 0.25) is 5.95 Å². The van der Waals surface area contributed by atoms with Crippen LogP contribution in [0.5, 0.6) is 0 Å². The number of amides is 1. The first-order chi connectivity index (χ1) is 11.8. The number of piperidine rings is 1. The van der Waals surface area contributed by atoms with Crippen LogP contribution in [-0.2, 0) is 0 Å². The molecular weight excluding hydrogens is 322 g/mol. The minimum atomic E-state index is -0.231. The zero-order valence-corrected chi connectivity index (χ0v) is 13.9. The molecule has 1 aliphatic heterocycles. The number of rotatable bonds is 3. The van der Waals surface area contributed by atoms with Gasteiger partial charge in [0, 0.05) is 13.1 Å². The molecule has 2 aromatic heterocycles. The number of fused-ring (bicyclic) bond motifs is 1. The Morgan fingerprint density at radius 3 is 2.58 bits per heavy atom. The smallest absolute Gasteiger partial charge is 0.284 e. The first-order valence-electron chi connectivity index (χ1n) is 8.03. The highest BCUT2D eigenvalue weighted by Crippen LogP contribution is 2.22. The van der Waals surface area contributed by atoms with Crippen molar-refractivity contribution in [3.8, 4) is 0 Å². The van der Waals surface area contributed by atoms with Crippen molar-refractivity contribution < 1.29 is 4.79 Å². The lowest BCUT2D eigenvalue weighted by atomic mass is 10.1. The van der Waals surface area contributed by atoms with Crippen LogP contribution < -0.4 is 10.2 Å². The van der Waals surface area contributed by atoms with E-state index in [0.717, 1.165) is 29.3 Å². The van der Waals surface area contributed by atoms with Gasteiger partial charge in [-0.25, -0.2) is 15.0 Å². The largest absolute Gasteiger partial charge is 0.341 e. The van der Waals surface area contributed by atoms with Crippen molar-refractivity contribution in [2.45, 2.75) is 19.3 Å². The molecule has 0 unspecified atom stereocenters.